The first-order valence-corrected chi connectivity index (χ1v) is 13.4. The Balaban J connectivity index is 1.65. The molecule has 0 radical (unpaired) electrons. The number of ketones is 1. The molecule has 5 rings (SSSR count). The molecule has 0 amide bonds. The van der Waals surface area contributed by atoms with E-state index in [-0.39, 0.29) is 56.9 Å². The zero-order valence-corrected chi connectivity index (χ0v) is 22.3. The molecule has 35 heavy (non-hydrogen) atoms. The Morgan fingerprint density at radius 1 is 1.11 bits per heavy atom. The molecular formula is C30H41NO4. The van der Waals surface area contributed by atoms with Crippen molar-refractivity contribution >= 4 is 11.8 Å². The zero-order chi connectivity index (χ0) is 25.6. The van der Waals surface area contributed by atoms with E-state index in [2.05, 4.69) is 39.5 Å². The summed E-state index contributed by atoms with van der Waals surface area (Å²) in [6.07, 6.45) is 9.17. The third kappa shape index (κ3) is 3.04. The number of carbonyl (C=O) groups excluding carboxylic acids is 2. The van der Waals surface area contributed by atoms with Crippen LogP contribution in [0.1, 0.15) is 92.4 Å². The van der Waals surface area contributed by atoms with Crippen molar-refractivity contribution in [2.24, 2.45) is 44.8 Å². The molecule has 0 unspecified atom stereocenters. The van der Waals surface area contributed by atoms with Gasteiger partial charge in [-0.1, -0.05) is 40.2 Å². The maximum Gasteiger partial charge on any atom is 0.312 e. The van der Waals surface area contributed by atoms with Gasteiger partial charge in [-0.05, 0) is 97.4 Å². The van der Waals surface area contributed by atoms with Gasteiger partial charge in [-0.15, -0.1) is 0 Å². The molecule has 0 aromatic heterocycles. The maximum absolute atomic E-state index is 14.2. The molecular weight excluding hydrogens is 438 g/mol. The molecule has 0 saturated heterocycles. The predicted octanol–water partition coefficient (Wildman–Crippen LogP) is 6.80. The van der Waals surface area contributed by atoms with E-state index in [0.717, 1.165) is 44.9 Å². The van der Waals surface area contributed by atoms with Crippen LogP contribution in [0.25, 0.3) is 4.85 Å². The fraction of sp³-hybridized carbons (Fsp3) is 0.767. The standard InChI is InChI=1S/C30H41NO4/c1-26(2)10-12-30(25(34)35-7)13-11-29(5)24(19(30)16-26)22(33)15-23-27(3)17-20(31-6)21(32)14-18(27)8-9-28(23,29)4/h15,18-19,24,32H,8-14,16-17H2,1-5,7H3/t18-,19-,24-,27-,28+,29+,30-/m0/s1. The van der Waals surface area contributed by atoms with Crippen LogP contribution in [0, 0.1) is 51.4 Å². The molecule has 1 N–H and O–H groups in total. The van der Waals surface area contributed by atoms with E-state index >= 15 is 0 Å². The Morgan fingerprint density at radius 2 is 1.80 bits per heavy atom. The van der Waals surface area contributed by atoms with Gasteiger partial charge >= 0.3 is 5.97 Å². The summed E-state index contributed by atoms with van der Waals surface area (Å²) in [6, 6.07) is 0. The quantitative estimate of drug-likeness (QED) is 0.332. The Hall–Kier alpha value is -2.09. The van der Waals surface area contributed by atoms with Gasteiger partial charge in [0.15, 0.2) is 5.78 Å². The summed E-state index contributed by atoms with van der Waals surface area (Å²) in [4.78, 5) is 31.2. The Labute approximate surface area is 210 Å². The second kappa shape index (κ2) is 7.46. The van der Waals surface area contributed by atoms with E-state index in [1.807, 2.05) is 6.08 Å². The summed E-state index contributed by atoms with van der Waals surface area (Å²) in [5.74, 6) is 0.309. The number of aliphatic hydroxyl groups excluding tert-OH is 1. The number of methoxy groups -OCH3 is 1. The normalized spacial score (nSPS) is 46.3. The molecule has 0 bridgehead atoms. The summed E-state index contributed by atoms with van der Waals surface area (Å²) >= 11 is 0. The monoisotopic (exact) mass is 479 g/mol. The van der Waals surface area contributed by atoms with Crippen LogP contribution in [0.2, 0.25) is 0 Å². The van der Waals surface area contributed by atoms with Gasteiger partial charge in [-0.2, -0.15) is 0 Å². The van der Waals surface area contributed by atoms with Crippen LogP contribution in [0.4, 0.5) is 0 Å². The number of esters is 1. The molecule has 3 saturated carbocycles. The fourth-order valence-electron chi connectivity index (χ4n) is 9.55. The molecule has 190 valence electrons. The number of hydrogen-bond acceptors (Lipinski definition) is 4. The molecule has 5 heteroatoms. The number of carbonyl (C=O) groups is 2. The molecule has 3 fully saturated rings. The van der Waals surface area contributed by atoms with Crippen molar-refractivity contribution < 1.29 is 19.4 Å². The zero-order valence-electron chi connectivity index (χ0n) is 22.3. The Kier molecular flexibility index (Phi) is 5.25. The van der Waals surface area contributed by atoms with Crippen LogP contribution >= 0.6 is 0 Å². The molecule has 0 aromatic carbocycles. The summed E-state index contributed by atoms with van der Waals surface area (Å²) in [5, 5.41) is 10.5. The number of aliphatic hydroxyl groups is 1. The van der Waals surface area contributed by atoms with E-state index in [1.54, 1.807) is 0 Å². The van der Waals surface area contributed by atoms with Gasteiger partial charge in [0.25, 0.3) is 0 Å². The fourth-order valence-corrected chi connectivity index (χ4v) is 9.55. The lowest BCUT2D eigenvalue weighted by atomic mass is 9.35. The molecule has 0 aromatic rings. The average molecular weight is 480 g/mol. The van der Waals surface area contributed by atoms with Crippen LogP contribution in [0.5, 0.6) is 0 Å². The van der Waals surface area contributed by atoms with Gasteiger partial charge in [-0.25, -0.2) is 4.85 Å². The summed E-state index contributed by atoms with van der Waals surface area (Å²) in [5.41, 5.74) is 0.441. The molecule has 0 spiro atoms. The highest BCUT2D eigenvalue weighted by atomic mass is 16.5. The van der Waals surface area contributed by atoms with Crippen molar-refractivity contribution in [3.8, 4) is 0 Å². The lowest BCUT2D eigenvalue weighted by molar-refractivity contribution is -0.190. The van der Waals surface area contributed by atoms with Crippen LogP contribution < -0.4 is 0 Å². The highest BCUT2D eigenvalue weighted by Crippen LogP contribution is 2.74. The van der Waals surface area contributed by atoms with Crippen molar-refractivity contribution in [3.05, 3.63) is 34.5 Å². The van der Waals surface area contributed by atoms with E-state index in [9.17, 15) is 14.7 Å². The van der Waals surface area contributed by atoms with Crippen LogP contribution in [-0.2, 0) is 14.3 Å². The first-order chi connectivity index (χ1) is 16.3. The number of hydrogen-bond donors (Lipinski definition) is 1. The number of rotatable bonds is 1. The second-order valence-electron chi connectivity index (χ2n) is 13.8. The van der Waals surface area contributed by atoms with Crippen LogP contribution in [0.3, 0.4) is 0 Å². The van der Waals surface area contributed by atoms with Gasteiger partial charge in [-0.3, -0.25) is 9.59 Å². The lowest BCUT2D eigenvalue weighted by Gasteiger charge is -2.68. The van der Waals surface area contributed by atoms with E-state index < -0.39 is 5.41 Å². The van der Waals surface area contributed by atoms with Gasteiger partial charge in [0.2, 0.25) is 5.70 Å². The topological polar surface area (TPSA) is 68.0 Å². The summed E-state index contributed by atoms with van der Waals surface area (Å²) in [6.45, 7) is 19.1. The molecule has 5 aliphatic rings. The molecule has 0 aliphatic heterocycles. The van der Waals surface area contributed by atoms with Crippen molar-refractivity contribution in [1.29, 1.82) is 0 Å². The minimum Gasteiger partial charge on any atom is -0.524 e. The van der Waals surface area contributed by atoms with Gasteiger partial charge in [0.1, 0.15) is 0 Å². The smallest absolute Gasteiger partial charge is 0.312 e. The Morgan fingerprint density at radius 3 is 2.46 bits per heavy atom. The van der Waals surface area contributed by atoms with Gasteiger partial charge < -0.3 is 9.84 Å². The maximum atomic E-state index is 14.2. The van der Waals surface area contributed by atoms with E-state index in [0.29, 0.717) is 18.5 Å². The SMILES string of the molecule is [C-]#[N+]C1=C(O)C[C@@H]2CC[C@]3(C)C(=CC(=O)[C@@H]4[C@@H]5CC(C)(C)CC[C@]5(C(=O)OC)CC[C@]43C)[C@@]2(C)C1. The third-order valence-corrected chi connectivity index (χ3v) is 11.9. The third-order valence-electron chi connectivity index (χ3n) is 11.9. The largest absolute Gasteiger partial charge is 0.524 e. The lowest BCUT2D eigenvalue weighted by Crippen LogP contribution is -2.65. The van der Waals surface area contributed by atoms with Crippen LogP contribution in [-0.4, -0.2) is 24.0 Å². The molecule has 5 aliphatic carbocycles. The molecule has 0 heterocycles. The first-order valence-electron chi connectivity index (χ1n) is 13.4. The number of nitrogens with zero attached hydrogens (tertiary/aromatic N) is 1. The summed E-state index contributed by atoms with van der Waals surface area (Å²) < 4.78 is 5.40. The number of ether oxygens (including phenoxy) is 1. The second-order valence-corrected chi connectivity index (χ2v) is 13.8. The average Bonchev–Trinajstić information content (AvgIpc) is 2.80. The highest BCUT2D eigenvalue weighted by Gasteiger charge is 2.70. The number of allylic oxidation sites excluding steroid dienone is 4. The highest BCUT2D eigenvalue weighted by molar-refractivity contribution is 5.96. The van der Waals surface area contributed by atoms with Gasteiger partial charge in [0.05, 0.1) is 24.9 Å². The van der Waals surface area contributed by atoms with E-state index in [4.69, 9.17) is 11.3 Å². The van der Waals surface area contributed by atoms with Crippen molar-refractivity contribution in [3.63, 3.8) is 0 Å². The van der Waals surface area contributed by atoms with Crippen LogP contribution in [0.15, 0.2) is 23.1 Å². The van der Waals surface area contributed by atoms with Crippen molar-refractivity contribution in [1.82, 2.24) is 0 Å². The van der Waals surface area contributed by atoms with Gasteiger partial charge in [0, 0.05) is 5.92 Å². The molecule has 5 nitrogen and oxygen atoms in total. The summed E-state index contributed by atoms with van der Waals surface area (Å²) in [7, 11) is 1.49. The predicted molar refractivity (Wildman–Crippen MR) is 134 cm³/mol. The van der Waals surface area contributed by atoms with Crippen molar-refractivity contribution in [2.75, 3.05) is 7.11 Å². The Bertz CT molecular complexity index is 1090. The minimum absolute atomic E-state index is 0.0146. The number of fused-ring (bicyclic) bond motifs is 7. The van der Waals surface area contributed by atoms with E-state index in [1.165, 1.54) is 12.7 Å². The minimum atomic E-state index is -0.566. The molecule has 7 atom stereocenters. The first kappa shape index (κ1) is 24.6. The van der Waals surface area contributed by atoms with Crippen molar-refractivity contribution in [2.45, 2.75) is 92.4 Å².